The molecule has 2 fully saturated rings. The number of nitrogens with one attached hydrogen (secondary N) is 1. The second-order valence-corrected chi connectivity index (χ2v) is 6.26. The molecule has 0 amide bonds. The van der Waals surface area contributed by atoms with Crippen molar-refractivity contribution in [3.63, 3.8) is 0 Å². The highest BCUT2D eigenvalue weighted by molar-refractivity contribution is 5.55. The van der Waals surface area contributed by atoms with Crippen LogP contribution in [0, 0.1) is 11.7 Å². The fourth-order valence-electron chi connectivity index (χ4n) is 3.14. The molecule has 1 aliphatic carbocycles. The van der Waals surface area contributed by atoms with Crippen molar-refractivity contribution in [2.75, 3.05) is 44.2 Å². The van der Waals surface area contributed by atoms with Crippen molar-refractivity contribution < 1.29 is 4.39 Å². The third-order valence-corrected chi connectivity index (χ3v) is 4.54. The molecule has 0 atom stereocenters. The van der Waals surface area contributed by atoms with Crippen molar-refractivity contribution in [2.45, 2.75) is 26.3 Å². The van der Waals surface area contributed by atoms with Gasteiger partial charge < -0.3 is 10.2 Å². The molecular weight excluding hydrogens is 265 g/mol. The SMILES string of the molecule is CCNCc1cccc(F)c1N1CCN(CC2CC2)CC1. The highest BCUT2D eigenvalue weighted by Crippen LogP contribution is 2.31. The first-order valence-corrected chi connectivity index (χ1v) is 8.23. The Kier molecular flexibility index (Phi) is 4.76. The summed E-state index contributed by atoms with van der Waals surface area (Å²) in [6, 6.07) is 5.44. The number of benzene rings is 1. The molecule has 0 spiro atoms. The number of nitrogens with zero attached hydrogens (tertiary/aromatic N) is 2. The van der Waals surface area contributed by atoms with Crippen molar-refractivity contribution in [3.8, 4) is 0 Å². The number of hydrogen-bond donors (Lipinski definition) is 1. The number of anilines is 1. The van der Waals surface area contributed by atoms with Gasteiger partial charge in [-0.2, -0.15) is 0 Å². The molecule has 0 unspecified atom stereocenters. The van der Waals surface area contributed by atoms with Gasteiger partial charge in [-0.05, 0) is 36.9 Å². The molecule has 116 valence electrons. The summed E-state index contributed by atoms with van der Waals surface area (Å²) < 4.78 is 14.3. The summed E-state index contributed by atoms with van der Waals surface area (Å²) in [7, 11) is 0. The zero-order chi connectivity index (χ0) is 14.7. The summed E-state index contributed by atoms with van der Waals surface area (Å²) in [5.41, 5.74) is 1.89. The van der Waals surface area contributed by atoms with Gasteiger partial charge in [0.25, 0.3) is 0 Å². The molecule has 1 aromatic carbocycles. The molecule has 3 rings (SSSR count). The van der Waals surface area contributed by atoms with E-state index < -0.39 is 0 Å². The average molecular weight is 291 g/mol. The van der Waals surface area contributed by atoms with Crippen molar-refractivity contribution >= 4 is 5.69 Å². The van der Waals surface area contributed by atoms with Crippen molar-refractivity contribution in [1.82, 2.24) is 10.2 Å². The van der Waals surface area contributed by atoms with Crippen LogP contribution in [0.4, 0.5) is 10.1 Å². The number of hydrogen-bond acceptors (Lipinski definition) is 3. The lowest BCUT2D eigenvalue weighted by Crippen LogP contribution is -2.47. The van der Waals surface area contributed by atoms with Crippen LogP contribution in [0.2, 0.25) is 0 Å². The van der Waals surface area contributed by atoms with Gasteiger partial charge >= 0.3 is 0 Å². The molecule has 0 bridgehead atoms. The second-order valence-electron chi connectivity index (χ2n) is 6.26. The lowest BCUT2D eigenvalue weighted by molar-refractivity contribution is 0.247. The quantitative estimate of drug-likeness (QED) is 0.868. The van der Waals surface area contributed by atoms with Crippen LogP contribution in [0.15, 0.2) is 18.2 Å². The maximum absolute atomic E-state index is 14.3. The van der Waals surface area contributed by atoms with Crippen molar-refractivity contribution in [2.24, 2.45) is 5.92 Å². The molecule has 21 heavy (non-hydrogen) atoms. The van der Waals surface area contributed by atoms with E-state index in [0.29, 0.717) is 0 Å². The molecule has 1 saturated carbocycles. The number of para-hydroxylation sites is 1. The van der Waals surface area contributed by atoms with E-state index in [9.17, 15) is 4.39 Å². The van der Waals surface area contributed by atoms with Gasteiger partial charge in [0.1, 0.15) is 5.82 Å². The van der Waals surface area contributed by atoms with E-state index in [1.54, 1.807) is 6.07 Å². The first-order chi connectivity index (χ1) is 10.3. The number of rotatable bonds is 6. The molecule has 1 saturated heterocycles. The van der Waals surface area contributed by atoms with Gasteiger partial charge in [0.2, 0.25) is 0 Å². The molecule has 3 nitrogen and oxygen atoms in total. The average Bonchev–Trinajstić information content (AvgIpc) is 3.30. The Morgan fingerprint density at radius 2 is 1.95 bits per heavy atom. The van der Waals surface area contributed by atoms with Crippen LogP contribution in [-0.4, -0.2) is 44.2 Å². The van der Waals surface area contributed by atoms with Crippen LogP contribution in [0.3, 0.4) is 0 Å². The van der Waals surface area contributed by atoms with Crippen LogP contribution in [0.1, 0.15) is 25.3 Å². The van der Waals surface area contributed by atoms with E-state index in [2.05, 4.69) is 22.0 Å². The zero-order valence-corrected chi connectivity index (χ0v) is 12.9. The van der Waals surface area contributed by atoms with E-state index >= 15 is 0 Å². The molecular formula is C17H26FN3. The Morgan fingerprint density at radius 1 is 1.19 bits per heavy atom. The van der Waals surface area contributed by atoms with E-state index in [-0.39, 0.29) is 5.82 Å². The minimum Gasteiger partial charge on any atom is -0.366 e. The van der Waals surface area contributed by atoms with Crippen LogP contribution in [-0.2, 0) is 6.54 Å². The molecule has 0 radical (unpaired) electrons. The Hall–Kier alpha value is -1.13. The number of piperazine rings is 1. The minimum absolute atomic E-state index is 0.0824. The number of halogens is 1. The third kappa shape index (κ3) is 3.74. The fourth-order valence-corrected chi connectivity index (χ4v) is 3.14. The van der Waals surface area contributed by atoms with Gasteiger partial charge in [-0.1, -0.05) is 19.1 Å². The second kappa shape index (κ2) is 6.75. The van der Waals surface area contributed by atoms with Gasteiger partial charge in [-0.25, -0.2) is 4.39 Å². The summed E-state index contributed by atoms with van der Waals surface area (Å²) in [5.74, 6) is 0.857. The lowest BCUT2D eigenvalue weighted by atomic mass is 10.1. The Morgan fingerprint density at radius 3 is 2.62 bits per heavy atom. The Bertz CT molecular complexity index is 465. The molecule has 0 aromatic heterocycles. The van der Waals surface area contributed by atoms with Gasteiger partial charge in [-0.15, -0.1) is 0 Å². The predicted octanol–water partition coefficient (Wildman–Crippen LogP) is 2.47. The molecule has 1 aromatic rings. The largest absolute Gasteiger partial charge is 0.366 e. The normalized spacial score (nSPS) is 20.0. The van der Waals surface area contributed by atoms with Gasteiger partial charge in [0.05, 0.1) is 5.69 Å². The fraction of sp³-hybridized carbons (Fsp3) is 0.647. The Balaban J connectivity index is 1.65. The lowest BCUT2D eigenvalue weighted by Gasteiger charge is -2.37. The van der Waals surface area contributed by atoms with Crippen LogP contribution < -0.4 is 10.2 Å². The van der Waals surface area contributed by atoms with Crippen LogP contribution >= 0.6 is 0 Å². The topological polar surface area (TPSA) is 18.5 Å². The van der Waals surface area contributed by atoms with Crippen molar-refractivity contribution in [1.29, 1.82) is 0 Å². The molecule has 1 aliphatic heterocycles. The van der Waals surface area contributed by atoms with E-state index in [1.165, 1.54) is 19.4 Å². The third-order valence-electron chi connectivity index (χ3n) is 4.54. The van der Waals surface area contributed by atoms with Gasteiger partial charge in [0.15, 0.2) is 0 Å². The molecule has 1 heterocycles. The smallest absolute Gasteiger partial charge is 0.146 e. The summed E-state index contributed by atoms with van der Waals surface area (Å²) in [5, 5.41) is 3.31. The highest BCUT2D eigenvalue weighted by atomic mass is 19.1. The zero-order valence-electron chi connectivity index (χ0n) is 12.9. The molecule has 2 aliphatic rings. The standard InChI is InChI=1S/C17H26FN3/c1-2-19-12-15-4-3-5-16(18)17(15)21-10-8-20(9-11-21)13-14-6-7-14/h3-5,14,19H,2,6-13H2,1H3. The van der Waals surface area contributed by atoms with E-state index in [1.807, 2.05) is 12.1 Å². The summed E-state index contributed by atoms with van der Waals surface area (Å²) >= 11 is 0. The minimum atomic E-state index is -0.0824. The Labute approximate surface area is 127 Å². The maximum Gasteiger partial charge on any atom is 0.146 e. The summed E-state index contributed by atoms with van der Waals surface area (Å²) in [4.78, 5) is 4.77. The van der Waals surface area contributed by atoms with Crippen LogP contribution in [0.5, 0.6) is 0 Å². The molecule has 4 heteroatoms. The van der Waals surface area contributed by atoms with Gasteiger partial charge in [0, 0.05) is 39.3 Å². The van der Waals surface area contributed by atoms with Crippen LogP contribution in [0.25, 0.3) is 0 Å². The summed E-state index contributed by atoms with van der Waals surface area (Å²) in [6.45, 7) is 8.97. The monoisotopic (exact) mass is 291 g/mol. The first kappa shape index (κ1) is 14.8. The van der Waals surface area contributed by atoms with Crippen molar-refractivity contribution in [3.05, 3.63) is 29.6 Å². The maximum atomic E-state index is 14.3. The van der Waals surface area contributed by atoms with Gasteiger partial charge in [-0.3, -0.25) is 4.90 Å². The summed E-state index contributed by atoms with van der Waals surface area (Å²) in [6.07, 6.45) is 2.81. The van der Waals surface area contributed by atoms with E-state index in [0.717, 1.165) is 56.4 Å². The first-order valence-electron chi connectivity index (χ1n) is 8.23. The predicted molar refractivity (Wildman–Crippen MR) is 85.2 cm³/mol. The molecule has 1 N–H and O–H groups in total. The van der Waals surface area contributed by atoms with E-state index in [4.69, 9.17) is 0 Å². The highest BCUT2D eigenvalue weighted by Gasteiger charge is 2.27.